The highest BCUT2D eigenvalue weighted by Gasteiger charge is 2.53. The van der Waals surface area contributed by atoms with E-state index in [0.717, 1.165) is 60.4 Å². The van der Waals surface area contributed by atoms with E-state index < -0.39 is 17.0 Å². The third kappa shape index (κ3) is 5.07. The first-order valence-electron chi connectivity index (χ1n) is 12.9. The molecule has 3 atom stereocenters. The Morgan fingerprint density at radius 2 is 2.05 bits per heavy atom. The Morgan fingerprint density at radius 3 is 2.87 bits per heavy atom. The summed E-state index contributed by atoms with van der Waals surface area (Å²) in [6, 6.07) is 9.36. The molecule has 2 fully saturated rings. The number of rotatable bonds is 7. The summed E-state index contributed by atoms with van der Waals surface area (Å²) >= 11 is 0. The Bertz CT molecular complexity index is 1350. The first-order chi connectivity index (χ1) is 18.4. The SMILES string of the molecule is COC(=O)[C@@]12CC[C@@H](NC/C=C/c3cc(F)ccc3F)C[C@H]1CCN(c1ncnc3ccc(OC)cc13)C2. The number of aromatic nitrogens is 2. The Balaban J connectivity index is 1.30. The summed E-state index contributed by atoms with van der Waals surface area (Å²) in [5.41, 5.74) is 0.425. The number of esters is 1. The van der Waals surface area contributed by atoms with Crippen LogP contribution in [0.5, 0.6) is 5.75 Å². The summed E-state index contributed by atoms with van der Waals surface area (Å²) in [6.45, 7) is 1.82. The van der Waals surface area contributed by atoms with Crippen molar-refractivity contribution in [2.75, 3.05) is 38.8 Å². The van der Waals surface area contributed by atoms with Gasteiger partial charge in [0.1, 0.15) is 29.5 Å². The molecule has 2 heterocycles. The van der Waals surface area contributed by atoms with Crippen LogP contribution in [-0.4, -0.2) is 55.8 Å². The van der Waals surface area contributed by atoms with Gasteiger partial charge in [-0.1, -0.05) is 12.2 Å². The fourth-order valence-corrected chi connectivity index (χ4v) is 6.02. The van der Waals surface area contributed by atoms with Crippen molar-refractivity contribution in [2.24, 2.45) is 11.3 Å². The first kappa shape index (κ1) is 26.0. The van der Waals surface area contributed by atoms with E-state index in [2.05, 4.69) is 20.2 Å². The van der Waals surface area contributed by atoms with Crippen molar-refractivity contribution in [2.45, 2.75) is 31.7 Å². The number of piperidine rings is 1. The van der Waals surface area contributed by atoms with E-state index in [9.17, 15) is 13.6 Å². The lowest BCUT2D eigenvalue weighted by Crippen LogP contribution is -2.58. The largest absolute Gasteiger partial charge is 0.497 e. The van der Waals surface area contributed by atoms with Gasteiger partial charge in [-0.2, -0.15) is 0 Å². The highest BCUT2D eigenvalue weighted by molar-refractivity contribution is 5.91. The molecule has 5 rings (SSSR count). The van der Waals surface area contributed by atoms with Gasteiger partial charge in [-0.25, -0.2) is 18.7 Å². The molecule has 0 spiro atoms. The zero-order valence-corrected chi connectivity index (χ0v) is 21.6. The lowest BCUT2D eigenvalue weighted by molar-refractivity contribution is -0.160. The maximum Gasteiger partial charge on any atom is 0.313 e. The van der Waals surface area contributed by atoms with Gasteiger partial charge < -0.3 is 19.7 Å². The van der Waals surface area contributed by atoms with Gasteiger partial charge in [-0.05, 0) is 68.0 Å². The second kappa shape index (κ2) is 11.0. The molecule has 7 nitrogen and oxygen atoms in total. The number of carbonyl (C=O) groups is 1. The fraction of sp³-hybridized carbons (Fsp3) is 0.414. The van der Waals surface area contributed by atoms with Crippen molar-refractivity contribution >= 4 is 28.8 Å². The summed E-state index contributed by atoms with van der Waals surface area (Å²) in [7, 11) is 3.09. The number of carbonyl (C=O) groups excluding carboxylic acids is 1. The van der Waals surface area contributed by atoms with E-state index in [1.165, 1.54) is 13.2 Å². The molecule has 1 aliphatic carbocycles. The van der Waals surface area contributed by atoms with Crippen LogP contribution in [0.1, 0.15) is 31.2 Å². The smallest absolute Gasteiger partial charge is 0.313 e. The van der Waals surface area contributed by atoms with E-state index in [0.29, 0.717) is 19.5 Å². The van der Waals surface area contributed by atoms with Crippen LogP contribution >= 0.6 is 0 Å². The average Bonchev–Trinajstić information content (AvgIpc) is 2.95. The molecule has 2 aromatic carbocycles. The van der Waals surface area contributed by atoms with Crippen molar-refractivity contribution in [3.63, 3.8) is 0 Å². The van der Waals surface area contributed by atoms with Crippen LogP contribution in [-0.2, 0) is 9.53 Å². The van der Waals surface area contributed by atoms with Crippen LogP contribution in [0.4, 0.5) is 14.6 Å². The predicted molar refractivity (Wildman–Crippen MR) is 142 cm³/mol. The fourth-order valence-electron chi connectivity index (χ4n) is 6.02. The molecule has 3 aromatic rings. The second-order valence-electron chi connectivity index (χ2n) is 10.1. The highest BCUT2D eigenvalue weighted by atomic mass is 19.1. The van der Waals surface area contributed by atoms with Gasteiger partial charge in [0.2, 0.25) is 0 Å². The predicted octanol–water partition coefficient (Wildman–Crippen LogP) is 4.76. The molecule has 0 bridgehead atoms. The van der Waals surface area contributed by atoms with Crippen LogP contribution in [0.2, 0.25) is 0 Å². The third-order valence-electron chi connectivity index (χ3n) is 8.00. The second-order valence-corrected chi connectivity index (χ2v) is 10.1. The van der Waals surface area contributed by atoms with Gasteiger partial charge in [0.05, 0.1) is 25.2 Å². The Kier molecular flexibility index (Phi) is 7.56. The Morgan fingerprint density at radius 1 is 1.18 bits per heavy atom. The van der Waals surface area contributed by atoms with Crippen LogP contribution in [0.25, 0.3) is 17.0 Å². The zero-order chi connectivity index (χ0) is 26.7. The summed E-state index contributed by atoms with van der Waals surface area (Å²) in [4.78, 5) is 24.4. The van der Waals surface area contributed by atoms with E-state index in [4.69, 9.17) is 9.47 Å². The average molecular weight is 523 g/mol. The Labute approximate surface area is 220 Å². The van der Waals surface area contributed by atoms with Gasteiger partial charge >= 0.3 is 5.97 Å². The normalized spacial score (nSPS) is 23.4. The van der Waals surface area contributed by atoms with Crippen LogP contribution in [0.15, 0.2) is 48.8 Å². The summed E-state index contributed by atoms with van der Waals surface area (Å²) < 4.78 is 38.0. The molecule has 1 N–H and O–H groups in total. The van der Waals surface area contributed by atoms with Crippen LogP contribution in [0.3, 0.4) is 0 Å². The first-order valence-corrected chi connectivity index (χ1v) is 12.9. The number of benzene rings is 2. The summed E-state index contributed by atoms with van der Waals surface area (Å²) in [5.74, 6) is 0.584. The van der Waals surface area contributed by atoms with E-state index in [1.807, 2.05) is 18.2 Å². The van der Waals surface area contributed by atoms with Gasteiger partial charge in [0.15, 0.2) is 0 Å². The topological polar surface area (TPSA) is 76.6 Å². The van der Waals surface area contributed by atoms with Gasteiger partial charge in [-0.3, -0.25) is 4.79 Å². The van der Waals surface area contributed by atoms with E-state index >= 15 is 0 Å². The molecular formula is C29H32F2N4O3. The monoisotopic (exact) mass is 522 g/mol. The van der Waals surface area contributed by atoms with Crippen LogP contribution < -0.4 is 15.0 Å². The molecule has 1 saturated heterocycles. The minimum absolute atomic E-state index is 0.157. The number of fused-ring (bicyclic) bond motifs is 2. The van der Waals surface area contributed by atoms with Crippen molar-refractivity contribution < 1.29 is 23.0 Å². The molecule has 1 saturated carbocycles. The minimum Gasteiger partial charge on any atom is -0.497 e. The van der Waals surface area contributed by atoms with Crippen molar-refractivity contribution in [1.82, 2.24) is 15.3 Å². The number of anilines is 1. The summed E-state index contributed by atoms with van der Waals surface area (Å²) in [5, 5.41) is 4.40. The highest BCUT2D eigenvalue weighted by Crippen LogP contribution is 2.48. The molecule has 0 amide bonds. The summed E-state index contributed by atoms with van der Waals surface area (Å²) in [6.07, 6.45) is 8.11. The van der Waals surface area contributed by atoms with E-state index in [-0.39, 0.29) is 23.5 Å². The zero-order valence-electron chi connectivity index (χ0n) is 21.6. The number of nitrogens with one attached hydrogen (secondary N) is 1. The van der Waals surface area contributed by atoms with Crippen LogP contribution in [0, 0.1) is 23.0 Å². The van der Waals surface area contributed by atoms with E-state index in [1.54, 1.807) is 25.6 Å². The Hall–Kier alpha value is -3.59. The molecule has 200 valence electrons. The van der Waals surface area contributed by atoms with Crippen molar-refractivity contribution in [1.29, 1.82) is 0 Å². The standard InChI is InChI=1S/C29H32F2N4O3/c1-37-23-6-8-26-24(16-23)27(34-18-33-26)35-13-10-20-15-22(9-11-29(20,17-35)28(36)38-2)32-12-3-4-19-14-21(30)5-7-25(19)31/h3-8,14,16,18,20,22,32H,9-13,15,17H2,1-2H3/b4-3+/t20-,22-,29-/m1/s1. The van der Waals surface area contributed by atoms with Gasteiger partial charge in [-0.15, -0.1) is 0 Å². The molecule has 0 radical (unpaired) electrons. The van der Waals surface area contributed by atoms with Gasteiger partial charge in [0.25, 0.3) is 0 Å². The lowest BCUT2D eigenvalue weighted by Gasteiger charge is -2.51. The quantitative estimate of drug-likeness (QED) is 0.449. The molecular weight excluding hydrogens is 490 g/mol. The number of methoxy groups -OCH3 is 2. The maximum absolute atomic E-state index is 13.9. The molecule has 9 heteroatoms. The number of ether oxygens (including phenoxy) is 2. The van der Waals surface area contributed by atoms with Gasteiger partial charge in [0, 0.05) is 36.6 Å². The minimum atomic E-state index is -0.623. The molecule has 1 aliphatic heterocycles. The number of hydrogen-bond donors (Lipinski definition) is 1. The lowest BCUT2D eigenvalue weighted by atomic mass is 9.61. The maximum atomic E-state index is 13.9. The molecule has 2 aliphatic rings. The molecule has 0 unspecified atom stereocenters. The molecule has 1 aromatic heterocycles. The number of halogens is 2. The third-order valence-corrected chi connectivity index (χ3v) is 8.00. The number of hydrogen-bond acceptors (Lipinski definition) is 7. The number of nitrogens with zero attached hydrogens (tertiary/aromatic N) is 3. The van der Waals surface area contributed by atoms with Crippen molar-refractivity contribution in [3.8, 4) is 5.75 Å². The molecule has 38 heavy (non-hydrogen) atoms. The van der Waals surface area contributed by atoms with Crippen molar-refractivity contribution in [3.05, 3.63) is 66.0 Å².